The number of aromatic nitrogens is 3. The zero-order valence-electron chi connectivity index (χ0n) is 15.7. The molecule has 0 radical (unpaired) electrons. The van der Waals surface area contributed by atoms with E-state index >= 15 is 0 Å². The molecule has 0 saturated heterocycles. The van der Waals surface area contributed by atoms with Gasteiger partial charge >= 0.3 is 0 Å². The van der Waals surface area contributed by atoms with Gasteiger partial charge in [0.25, 0.3) is 0 Å². The zero-order chi connectivity index (χ0) is 19.0. The van der Waals surface area contributed by atoms with Gasteiger partial charge in [-0.2, -0.15) is 0 Å². The van der Waals surface area contributed by atoms with Crippen LogP contribution in [-0.2, 0) is 18.3 Å². The van der Waals surface area contributed by atoms with Gasteiger partial charge in [-0.05, 0) is 31.9 Å². The Morgan fingerprint density at radius 1 is 1.11 bits per heavy atom. The van der Waals surface area contributed by atoms with E-state index in [-0.39, 0.29) is 17.2 Å². The van der Waals surface area contributed by atoms with Gasteiger partial charge in [-0.1, -0.05) is 60.3 Å². The molecule has 0 N–H and O–H groups in total. The third-order valence-corrected chi connectivity index (χ3v) is 6.06. The van der Waals surface area contributed by atoms with E-state index in [1.165, 1.54) is 17.3 Å². The van der Waals surface area contributed by atoms with Crippen molar-refractivity contribution in [3.63, 3.8) is 0 Å². The monoisotopic (exact) mass is 378 g/mol. The number of rotatable bonds is 4. The summed E-state index contributed by atoms with van der Waals surface area (Å²) in [6.45, 7) is 4.04. The highest BCUT2D eigenvalue weighted by Gasteiger charge is 2.34. The van der Waals surface area contributed by atoms with Crippen molar-refractivity contribution in [3.8, 4) is 11.4 Å². The molecule has 6 heteroatoms. The highest BCUT2D eigenvalue weighted by atomic mass is 32.2. The van der Waals surface area contributed by atoms with Crippen LogP contribution in [0.5, 0.6) is 0 Å². The van der Waals surface area contributed by atoms with Crippen LogP contribution in [-0.4, -0.2) is 32.0 Å². The number of amides is 1. The molecule has 0 fully saturated rings. The predicted molar refractivity (Wildman–Crippen MR) is 109 cm³/mol. The quantitative estimate of drug-likeness (QED) is 0.645. The molecule has 1 aliphatic rings. The minimum atomic E-state index is -0.245. The number of para-hydroxylation sites is 1. The van der Waals surface area contributed by atoms with Crippen molar-refractivity contribution in [2.45, 2.75) is 36.7 Å². The Morgan fingerprint density at radius 2 is 1.81 bits per heavy atom. The van der Waals surface area contributed by atoms with Crippen molar-refractivity contribution in [3.05, 3.63) is 60.2 Å². The number of hydrogen-bond donors (Lipinski definition) is 0. The Balaban J connectivity index is 1.54. The second kappa shape index (κ2) is 7.19. The molecular weight excluding hydrogens is 356 g/mol. The lowest BCUT2D eigenvalue weighted by Crippen LogP contribution is -2.40. The van der Waals surface area contributed by atoms with Gasteiger partial charge < -0.3 is 9.47 Å². The maximum atomic E-state index is 13.2. The summed E-state index contributed by atoms with van der Waals surface area (Å²) < 4.78 is 1.95. The number of carbonyl (C=O) groups excluding carboxylic acids is 1. The van der Waals surface area contributed by atoms with E-state index in [2.05, 4.69) is 23.2 Å². The molecule has 0 spiro atoms. The molecule has 0 saturated carbocycles. The third kappa shape index (κ3) is 3.25. The van der Waals surface area contributed by atoms with Gasteiger partial charge in [0.1, 0.15) is 0 Å². The van der Waals surface area contributed by atoms with Gasteiger partial charge in [0.05, 0.1) is 5.25 Å². The first-order valence-electron chi connectivity index (χ1n) is 9.08. The largest absolute Gasteiger partial charge is 0.308 e. The summed E-state index contributed by atoms with van der Waals surface area (Å²) >= 11 is 1.46. The number of anilines is 1. The van der Waals surface area contributed by atoms with Gasteiger partial charge in [0.2, 0.25) is 5.91 Å². The molecule has 0 aliphatic carbocycles. The molecule has 3 aromatic rings. The summed E-state index contributed by atoms with van der Waals surface area (Å²) in [7, 11) is 1.94. The lowest BCUT2D eigenvalue weighted by atomic mass is 10.1. The Morgan fingerprint density at radius 3 is 2.59 bits per heavy atom. The molecule has 2 heterocycles. The van der Waals surface area contributed by atoms with Crippen LogP contribution in [0.15, 0.2) is 59.8 Å². The highest BCUT2D eigenvalue weighted by Crippen LogP contribution is 2.34. The fraction of sp³-hybridized carbons (Fsp3) is 0.286. The average molecular weight is 379 g/mol. The predicted octanol–water partition coefficient (Wildman–Crippen LogP) is 3.94. The van der Waals surface area contributed by atoms with E-state index in [0.29, 0.717) is 0 Å². The second-order valence-electron chi connectivity index (χ2n) is 6.88. The summed E-state index contributed by atoms with van der Waals surface area (Å²) in [6, 6.07) is 18.3. The van der Waals surface area contributed by atoms with Crippen LogP contribution < -0.4 is 4.90 Å². The minimum Gasteiger partial charge on any atom is -0.308 e. The molecule has 27 heavy (non-hydrogen) atoms. The maximum Gasteiger partial charge on any atom is 0.240 e. The van der Waals surface area contributed by atoms with Crippen molar-refractivity contribution >= 4 is 23.4 Å². The number of carbonyl (C=O) groups is 1. The summed E-state index contributed by atoms with van der Waals surface area (Å²) in [5, 5.41) is 9.12. The van der Waals surface area contributed by atoms with E-state index in [1.807, 2.05) is 72.0 Å². The first-order valence-corrected chi connectivity index (χ1v) is 9.96. The number of thioether (sulfide) groups is 1. The first-order chi connectivity index (χ1) is 13.1. The van der Waals surface area contributed by atoms with Gasteiger partial charge in [-0.3, -0.25) is 4.79 Å². The van der Waals surface area contributed by atoms with E-state index in [4.69, 9.17) is 0 Å². The van der Waals surface area contributed by atoms with E-state index in [1.54, 1.807) is 0 Å². The van der Waals surface area contributed by atoms with Gasteiger partial charge in [0.15, 0.2) is 11.0 Å². The number of benzene rings is 2. The molecule has 1 aliphatic heterocycles. The number of nitrogens with zero attached hydrogens (tertiary/aromatic N) is 4. The van der Waals surface area contributed by atoms with Crippen LogP contribution in [0, 0.1) is 0 Å². The van der Waals surface area contributed by atoms with Crippen LogP contribution in [0.3, 0.4) is 0 Å². The first kappa shape index (κ1) is 17.8. The Hall–Kier alpha value is -2.60. The third-order valence-electron chi connectivity index (χ3n) is 4.94. The van der Waals surface area contributed by atoms with Gasteiger partial charge in [-0.25, -0.2) is 0 Å². The van der Waals surface area contributed by atoms with Crippen molar-refractivity contribution in [1.29, 1.82) is 0 Å². The molecule has 0 unspecified atom stereocenters. The smallest absolute Gasteiger partial charge is 0.240 e. The Bertz CT molecular complexity index is 969. The topological polar surface area (TPSA) is 51.0 Å². The van der Waals surface area contributed by atoms with Crippen LogP contribution in [0.4, 0.5) is 5.69 Å². The fourth-order valence-corrected chi connectivity index (χ4v) is 4.43. The molecule has 4 rings (SSSR count). The number of fused-ring (bicyclic) bond motifs is 1. The standard InChI is InChI=1S/C21H22N4OS/c1-14-13-17-11-7-8-12-18(17)25(14)20(26)15(2)27-21-23-22-19(24(21)3)16-9-5-4-6-10-16/h4-12,14-15H,13H2,1-3H3/t14-,15-/m1/s1. The average Bonchev–Trinajstić information content (AvgIpc) is 3.21. The highest BCUT2D eigenvalue weighted by molar-refractivity contribution is 8.00. The molecule has 1 aromatic heterocycles. The molecule has 2 atom stereocenters. The molecule has 1 amide bonds. The van der Waals surface area contributed by atoms with Crippen molar-refractivity contribution < 1.29 is 4.79 Å². The number of hydrogen-bond acceptors (Lipinski definition) is 4. The summed E-state index contributed by atoms with van der Waals surface area (Å²) in [4.78, 5) is 15.1. The zero-order valence-corrected chi connectivity index (χ0v) is 16.5. The lowest BCUT2D eigenvalue weighted by Gasteiger charge is -2.25. The molecule has 2 aromatic carbocycles. The molecule has 0 bridgehead atoms. The van der Waals surface area contributed by atoms with Gasteiger partial charge in [0, 0.05) is 24.3 Å². The summed E-state index contributed by atoms with van der Waals surface area (Å²) in [5.74, 6) is 0.916. The van der Waals surface area contributed by atoms with E-state index in [9.17, 15) is 4.79 Å². The van der Waals surface area contributed by atoms with E-state index in [0.717, 1.165) is 28.7 Å². The Kier molecular flexibility index (Phi) is 4.74. The van der Waals surface area contributed by atoms with Crippen LogP contribution >= 0.6 is 11.8 Å². The maximum absolute atomic E-state index is 13.2. The SMILES string of the molecule is C[C@@H]1Cc2ccccc2N1C(=O)[C@@H](C)Sc1nnc(-c2ccccc2)n1C. The van der Waals surface area contributed by atoms with Crippen LogP contribution in [0.25, 0.3) is 11.4 Å². The minimum absolute atomic E-state index is 0.113. The van der Waals surface area contributed by atoms with Crippen molar-refractivity contribution in [2.24, 2.45) is 7.05 Å². The second-order valence-corrected chi connectivity index (χ2v) is 8.19. The van der Waals surface area contributed by atoms with Crippen LogP contribution in [0.1, 0.15) is 19.4 Å². The lowest BCUT2D eigenvalue weighted by molar-refractivity contribution is -0.118. The molecule has 138 valence electrons. The van der Waals surface area contributed by atoms with Crippen molar-refractivity contribution in [2.75, 3.05) is 4.90 Å². The van der Waals surface area contributed by atoms with E-state index < -0.39 is 0 Å². The van der Waals surface area contributed by atoms with Crippen molar-refractivity contribution in [1.82, 2.24) is 14.8 Å². The summed E-state index contributed by atoms with van der Waals surface area (Å²) in [6.07, 6.45) is 0.904. The van der Waals surface area contributed by atoms with Gasteiger partial charge in [-0.15, -0.1) is 10.2 Å². The van der Waals surface area contributed by atoms with Crippen LogP contribution in [0.2, 0.25) is 0 Å². The Labute approximate surface area is 163 Å². The normalized spacial score (nSPS) is 17.0. The molecular formula is C21H22N4OS. The molecule has 5 nitrogen and oxygen atoms in total. The summed E-state index contributed by atoms with van der Waals surface area (Å²) in [5.41, 5.74) is 3.28. The fourth-order valence-electron chi connectivity index (χ4n) is 3.56.